The van der Waals surface area contributed by atoms with Crippen molar-refractivity contribution in [1.82, 2.24) is 5.32 Å². The second kappa shape index (κ2) is 7.82. The molecular formula is C16H16BrNO5. The number of halogens is 1. The van der Waals surface area contributed by atoms with Crippen molar-refractivity contribution in [3.63, 3.8) is 0 Å². The van der Waals surface area contributed by atoms with Crippen LogP contribution in [0.25, 0.3) is 0 Å². The van der Waals surface area contributed by atoms with Gasteiger partial charge in [-0.3, -0.25) is 4.79 Å². The van der Waals surface area contributed by atoms with Gasteiger partial charge in [0.15, 0.2) is 5.76 Å². The van der Waals surface area contributed by atoms with Gasteiger partial charge in [0, 0.05) is 11.0 Å². The summed E-state index contributed by atoms with van der Waals surface area (Å²) in [5, 5.41) is 11.4. The predicted molar refractivity (Wildman–Crippen MR) is 87.0 cm³/mol. The number of rotatable bonds is 7. The Labute approximate surface area is 141 Å². The van der Waals surface area contributed by atoms with E-state index in [1.165, 1.54) is 12.1 Å². The van der Waals surface area contributed by atoms with E-state index in [2.05, 4.69) is 21.2 Å². The van der Waals surface area contributed by atoms with Crippen LogP contribution in [0.2, 0.25) is 0 Å². The van der Waals surface area contributed by atoms with Crippen molar-refractivity contribution in [1.29, 1.82) is 0 Å². The third-order valence-electron chi connectivity index (χ3n) is 3.20. The third-order valence-corrected chi connectivity index (χ3v) is 3.69. The SMILES string of the molecule is COc1cc(Br)ccc1CCCNC(=O)c1ccc(C(=O)O)o1. The number of carbonyl (C=O) groups is 2. The van der Waals surface area contributed by atoms with Crippen molar-refractivity contribution < 1.29 is 23.8 Å². The van der Waals surface area contributed by atoms with E-state index in [1.54, 1.807) is 7.11 Å². The molecule has 1 aromatic carbocycles. The fourth-order valence-corrected chi connectivity index (χ4v) is 2.41. The lowest BCUT2D eigenvalue weighted by atomic mass is 10.1. The molecule has 0 spiro atoms. The number of ether oxygens (including phenoxy) is 1. The Kier molecular flexibility index (Phi) is 5.81. The molecule has 0 aliphatic heterocycles. The van der Waals surface area contributed by atoms with E-state index in [0.717, 1.165) is 28.6 Å². The number of benzene rings is 1. The first-order valence-electron chi connectivity index (χ1n) is 6.95. The van der Waals surface area contributed by atoms with Gasteiger partial charge in [0.05, 0.1) is 7.11 Å². The molecule has 2 aromatic rings. The fourth-order valence-electron chi connectivity index (χ4n) is 2.07. The number of carboxylic acid groups (broad SMARTS) is 1. The Morgan fingerprint density at radius 1 is 1.26 bits per heavy atom. The highest BCUT2D eigenvalue weighted by atomic mass is 79.9. The molecule has 0 aliphatic carbocycles. The lowest BCUT2D eigenvalue weighted by Crippen LogP contribution is -2.24. The summed E-state index contributed by atoms with van der Waals surface area (Å²) in [7, 11) is 1.62. The molecule has 2 N–H and O–H groups in total. The van der Waals surface area contributed by atoms with Crippen LogP contribution in [0.5, 0.6) is 5.75 Å². The van der Waals surface area contributed by atoms with Crippen molar-refractivity contribution in [2.45, 2.75) is 12.8 Å². The number of amides is 1. The second-order valence-electron chi connectivity index (χ2n) is 4.78. The van der Waals surface area contributed by atoms with Crippen molar-refractivity contribution >= 4 is 27.8 Å². The zero-order valence-corrected chi connectivity index (χ0v) is 14.1. The summed E-state index contributed by atoms with van der Waals surface area (Å²) >= 11 is 3.39. The van der Waals surface area contributed by atoms with Crippen LogP contribution >= 0.6 is 15.9 Å². The molecule has 0 saturated heterocycles. The number of aromatic carboxylic acids is 1. The summed E-state index contributed by atoms with van der Waals surface area (Å²) in [6.07, 6.45) is 1.46. The molecule has 0 saturated carbocycles. The molecule has 0 fully saturated rings. The minimum Gasteiger partial charge on any atom is -0.496 e. The first-order valence-corrected chi connectivity index (χ1v) is 7.74. The van der Waals surface area contributed by atoms with E-state index in [9.17, 15) is 9.59 Å². The maximum absolute atomic E-state index is 11.8. The van der Waals surface area contributed by atoms with Gasteiger partial charge < -0.3 is 19.6 Å². The van der Waals surface area contributed by atoms with E-state index < -0.39 is 11.9 Å². The van der Waals surface area contributed by atoms with Crippen LogP contribution in [0.1, 0.15) is 33.1 Å². The number of carboxylic acids is 1. The van der Waals surface area contributed by atoms with Crippen LogP contribution in [0.4, 0.5) is 0 Å². The van der Waals surface area contributed by atoms with Gasteiger partial charge in [0.1, 0.15) is 5.75 Å². The van der Waals surface area contributed by atoms with Gasteiger partial charge in [0.2, 0.25) is 5.76 Å². The van der Waals surface area contributed by atoms with E-state index in [4.69, 9.17) is 14.3 Å². The minimum atomic E-state index is -1.20. The summed E-state index contributed by atoms with van der Waals surface area (Å²) in [4.78, 5) is 22.5. The van der Waals surface area contributed by atoms with Crippen molar-refractivity contribution in [3.8, 4) is 5.75 Å². The molecule has 1 aromatic heterocycles. The van der Waals surface area contributed by atoms with E-state index in [0.29, 0.717) is 6.54 Å². The molecule has 122 valence electrons. The van der Waals surface area contributed by atoms with Crippen LogP contribution in [0.15, 0.2) is 39.2 Å². The van der Waals surface area contributed by atoms with E-state index in [1.807, 2.05) is 18.2 Å². The van der Waals surface area contributed by atoms with Crippen LogP contribution < -0.4 is 10.1 Å². The zero-order valence-electron chi connectivity index (χ0n) is 12.5. The van der Waals surface area contributed by atoms with Gasteiger partial charge in [-0.05, 0) is 42.7 Å². The van der Waals surface area contributed by atoms with Gasteiger partial charge in [-0.25, -0.2) is 4.79 Å². The average Bonchev–Trinajstić information content (AvgIpc) is 3.02. The monoisotopic (exact) mass is 381 g/mol. The van der Waals surface area contributed by atoms with Gasteiger partial charge in [0.25, 0.3) is 5.91 Å². The average molecular weight is 382 g/mol. The maximum Gasteiger partial charge on any atom is 0.371 e. The Bertz CT molecular complexity index is 710. The number of furan rings is 1. The molecule has 0 bridgehead atoms. The number of aryl methyl sites for hydroxylation is 1. The summed E-state index contributed by atoms with van der Waals surface area (Å²) in [6, 6.07) is 8.40. The minimum absolute atomic E-state index is 0.0105. The summed E-state index contributed by atoms with van der Waals surface area (Å²) in [5.41, 5.74) is 1.05. The Morgan fingerprint density at radius 3 is 2.65 bits per heavy atom. The topological polar surface area (TPSA) is 88.8 Å². The lowest BCUT2D eigenvalue weighted by Gasteiger charge is -2.09. The van der Waals surface area contributed by atoms with Crippen molar-refractivity contribution in [3.05, 3.63) is 51.9 Å². The predicted octanol–water partition coefficient (Wildman–Crippen LogP) is 3.11. The van der Waals surface area contributed by atoms with E-state index in [-0.39, 0.29) is 11.5 Å². The molecule has 23 heavy (non-hydrogen) atoms. The number of methoxy groups -OCH3 is 1. The molecule has 0 radical (unpaired) electrons. The zero-order chi connectivity index (χ0) is 16.8. The van der Waals surface area contributed by atoms with Gasteiger partial charge in [-0.15, -0.1) is 0 Å². The summed E-state index contributed by atoms with van der Waals surface area (Å²) < 4.78 is 11.2. The normalized spacial score (nSPS) is 10.3. The molecule has 0 atom stereocenters. The lowest BCUT2D eigenvalue weighted by molar-refractivity contribution is 0.0659. The highest BCUT2D eigenvalue weighted by Crippen LogP contribution is 2.24. The van der Waals surface area contributed by atoms with Crippen molar-refractivity contribution in [2.24, 2.45) is 0 Å². The second-order valence-corrected chi connectivity index (χ2v) is 5.70. The standard InChI is InChI=1S/C16H16BrNO5/c1-22-14-9-11(17)5-4-10(14)3-2-8-18-15(19)12-6-7-13(23-12)16(20)21/h4-7,9H,2-3,8H2,1H3,(H,18,19)(H,20,21). The molecular weight excluding hydrogens is 366 g/mol. The maximum atomic E-state index is 11.8. The Balaban J connectivity index is 1.83. The van der Waals surface area contributed by atoms with E-state index >= 15 is 0 Å². The van der Waals surface area contributed by atoms with Crippen LogP contribution in [0.3, 0.4) is 0 Å². The highest BCUT2D eigenvalue weighted by molar-refractivity contribution is 9.10. The quantitative estimate of drug-likeness (QED) is 0.719. The molecule has 1 heterocycles. The summed E-state index contributed by atoms with van der Waals surface area (Å²) in [6.45, 7) is 0.446. The molecule has 0 unspecified atom stereocenters. The third kappa shape index (κ3) is 4.59. The van der Waals surface area contributed by atoms with Crippen molar-refractivity contribution in [2.75, 3.05) is 13.7 Å². The number of hydrogen-bond donors (Lipinski definition) is 2. The Morgan fingerprint density at radius 2 is 2.00 bits per heavy atom. The number of nitrogens with one attached hydrogen (secondary N) is 1. The first-order chi connectivity index (χ1) is 11.0. The van der Waals surface area contributed by atoms with Crippen LogP contribution in [-0.2, 0) is 6.42 Å². The number of carbonyl (C=O) groups excluding carboxylic acids is 1. The van der Waals surface area contributed by atoms with Gasteiger partial charge >= 0.3 is 5.97 Å². The highest BCUT2D eigenvalue weighted by Gasteiger charge is 2.14. The van der Waals surface area contributed by atoms with Crippen LogP contribution in [-0.4, -0.2) is 30.6 Å². The molecule has 0 aliphatic rings. The number of hydrogen-bond acceptors (Lipinski definition) is 4. The smallest absolute Gasteiger partial charge is 0.371 e. The summed E-state index contributed by atoms with van der Waals surface area (Å²) in [5.74, 6) is -1.10. The van der Waals surface area contributed by atoms with Gasteiger partial charge in [-0.2, -0.15) is 0 Å². The Hall–Kier alpha value is -2.28. The van der Waals surface area contributed by atoms with Crippen LogP contribution in [0, 0.1) is 0 Å². The first kappa shape index (κ1) is 17.1. The molecule has 6 nitrogen and oxygen atoms in total. The van der Waals surface area contributed by atoms with Gasteiger partial charge in [-0.1, -0.05) is 22.0 Å². The molecule has 1 amide bonds. The molecule has 2 rings (SSSR count). The fraction of sp³-hybridized carbons (Fsp3) is 0.250. The molecule has 7 heteroatoms. The largest absolute Gasteiger partial charge is 0.496 e.